The number of amides is 1. The number of ether oxygens (including phenoxy) is 2. The number of benzene rings is 3. The van der Waals surface area contributed by atoms with E-state index in [2.05, 4.69) is 29.6 Å². The normalized spacial score (nSPS) is 13.5. The minimum Gasteiger partial charge on any atom is -0.486 e. The third-order valence-electron chi connectivity index (χ3n) is 5.07. The zero-order chi connectivity index (χ0) is 19.9. The second kappa shape index (κ2) is 9.28. The van der Waals surface area contributed by atoms with Crippen LogP contribution in [0.3, 0.4) is 0 Å². The van der Waals surface area contributed by atoms with Crippen molar-refractivity contribution in [1.82, 2.24) is 5.32 Å². The van der Waals surface area contributed by atoms with Crippen LogP contribution in [0.5, 0.6) is 11.5 Å². The van der Waals surface area contributed by atoms with E-state index in [-0.39, 0.29) is 11.9 Å². The average Bonchev–Trinajstić information content (AvgIpc) is 2.78. The van der Waals surface area contributed by atoms with Gasteiger partial charge in [-0.15, -0.1) is 0 Å². The standard InChI is InChI=1S/C25H25NO3/c27-25(14-12-20-11-13-23-24(18-20)29-16-15-28-23)26-22(21-9-5-2-6-10-21)17-19-7-3-1-4-8-19/h1-11,13,18,22H,12,14-17H2,(H,26,27). The quantitative estimate of drug-likeness (QED) is 0.650. The van der Waals surface area contributed by atoms with Crippen molar-refractivity contribution in [3.8, 4) is 11.5 Å². The maximum atomic E-state index is 12.7. The maximum Gasteiger partial charge on any atom is 0.220 e. The van der Waals surface area contributed by atoms with Crippen molar-refractivity contribution in [1.29, 1.82) is 0 Å². The van der Waals surface area contributed by atoms with Gasteiger partial charge in [0, 0.05) is 6.42 Å². The molecule has 0 aliphatic carbocycles. The van der Waals surface area contributed by atoms with Gasteiger partial charge in [0.2, 0.25) is 5.91 Å². The lowest BCUT2D eigenvalue weighted by Crippen LogP contribution is -2.30. The topological polar surface area (TPSA) is 47.6 Å². The van der Waals surface area contributed by atoms with Crippen LogP contribution in [0.2, 0.25) is 0 Å². The van der Waals surface area contributed by atoms with Crippen molar-refractivity contribution < 1.29 is 14.3 Å². The Morgan fingerprint density at radius 2 is 1.52 bits per heavy atom. The van der Waals surface area contributed by atoms with E-state index in [9.17, 15) is 4.79 Å². The van der Waals surface area contributed by atoms with E-state index in [1.165, 1.54) is 5.56 Å². The van der Waals surface area contributed by atoms with Crippen LogP contribution in [0.4, 0.5) is 0 Å². The lowest BCUT2D eigenvalue weighted by atomic mass is 9.98. The molecule has 0 saturated heterocycles. The summed E-state index contributed by atoms with van der Waals surface area (Å²) in [5.74, 6) is 1.58. The largest absolute Gasteiger partial charge is 0.486 e. The van der Waals surface area contributed by atoms with Gasteiger partial charge in [0.25, 0.3) is 0 Å². The minimum absolute atomic E-state index is 0.0460. The first-order chi connectivity index (χ1) is 14.3. The van der Waals surface area contributed by atoms with Gasteiger partial charge in [0.05, 0.1) is 6.04 Å². The number of carbonyl (C=O) groups is 1. The Morgan fingerprint density at radius 3 is 2.28 bits per heavy atom. The van der Waals surface area contributed by atoms with Gasteiger partial charge in [-0.1, -0.05) is 66.7 Å². The third-order valence-corrected chi connectivity index (χ3v) is 5.07. The lowest BCUT2D eigenvalue weighted by molar-refractivity contribution is -0.121. The molecule has 1 aliphatic rings. The fraction of sp³-hybridized carbons (Fsp3) is 0.240. The second-order valence-electron chi connectivity index (χ2n) is 7.20. The molecule has 4 nitrogen and oxygen atoms in total. The molecule has 1 N–H and O–H groups in total. The summed E-state index contributed by atoms with van der Waals surface area (Å²) < 4.78 is 11.2. The van der Waals surface area contributed by atoms with E-state index in [1.54, 1.807) is 0 Å². The van der Waals surface area contributed by atoms with E-state index < -0.39 is 0 Å². The summed E-state index contributed by atoms with van der Waals surface area (Å²) >= 11 is 0. The minimum atomic E-state index is -0.0497. The number of aryl methyl sites for hydroxylation is 1. The molecule has 0 spiro atoms. The van der Waals surface area contributed by atoms with Crippen LogP contribution in [-0.4, -0.2) is 19.1 Å². The molecule has 1 amide bonds. The van der Waals surface area contributed by atoms with Crippen LogP contribution in [0.25, 0.3) is 0 Å². The summed E-state index contributed by atoms with van der Waals surface area (Å²) in [7, 11) is 0. The molecule has 1 unspecified atom stereocenters. The molecular formula is C25H25NO3. The van der Waals surface area contributed by atoms with E-state index >= 15 is 0 Å². The molecule has 1 aliphatic heterocycles. The molecule has 3 aromatic rings. The van der Waals surface area contributed by atoms with Gasteiger partial charge in [-0.2, -0.15) is 0 Å². The van der Waals surface area contributed by atoms with E-state index in [0.29, 0.717) is 26.1 Å². The molecule has 3 aromatic carbocycles. The molecule has 0 radical (unpaired) electrons. The van der Waals surface area contributed by atoms with Gasteiger partial charge in [0.15, 0.2) is 11.5 Å². The Morgan fingerprint density at radius 1 is 0.828 bits per heavy atom. The molecule has 1 atom stereocenters. The predicted molar refractivity (Wildman–Crippen MR) is 113 cm³/mol. The molecular weight excluding hydrogens is 362 g/mol. The number of rotatable bonds is 7. The van der Waals surface area contributed by atoms with Crippen molar-refractivity contribution in [2.24, 2.45) is 0 Å². The van der Waals surface area contributed by atoms with Gasteiger partial charge in [-0.3, -0.25) is 4.79 Å². The van der Waals surface area contributed by atoms with Gasteiger partial charge in [-0.25, -0.2) is 0 Å². The summed E-state index contributed by atoms with van der Waals surface area (Å²) in [6, 6.07) is 26.2. The molecule has 0 fully saturated rings. The zero-order valence-electron chi connectivity index (χ0n) is 16.3. The van der Waals surface area contributed by atoms with Crippen LogP contribution in [0, 0.1) is 0 Å². The van der Waals surface area contributed by atoms with Crippen molar-refractivity contribution in [2.45, 2.75) is 25.3 Å². The molecule has 1 heterocycles. The Balaban J connectivity index is 1.40. The highest BCUT2D eigenvalue weighted by Gasteiger charge is 2.16. The predicted octanol–water partition coefficient (Wildman–Crippen LogP) is 4.49. The first-order valence-electron chi connectivity index (χ1n) is 10.0. The monoisotopic (exact) mass is 387 g/mol. The maximum absolute atomic E-state index is 12.7. The highest BCUT2D eigenvalue weighted by molar-refractivity contribution is 5.76. The summed E-state index contributed by atoms with van der Waals surface area (Å²) in [5.41, 5.74) is 3.39. The first-order valence-corrected chi connectivity index (χ1v) is 10.0. The zero-order valence-corrected chi connectivity index (χ0v) is 16.3. The van der Waals surface area contributed by atoms with E-state index in [0.717, 1.165) is 29.0 Å². The number of hydrogen-bond acceptors (Lipinski definition) is 3. The molecule has 4 heteroatoms. The van der Waals surface area contributed by atoms with Gasteiger partial charge in [0.1, 0.15) is 13.2 Å². The Kier molecular flexibility index (Phi) is 6.10. The van der Waals surface area contributed by atoms with Crippen molar-refractivity contribution in [3.63, 3.8) is 0 Å². The number of fused-ring (bicyclic) bond motifs is 1. The van der Waals surface area contributed by atoms with E-state index in [1.807, 2.05) is 54.6 Å². The SMILES string of the molecule is O=C(CCc1ccc2c(c1)OCCO2)NC(Cc1ccccc1)c1ccccc1. The molecule has 0 bridgehead atoms. The van der Waals surface area contributed by atoms with Crippen molar-refractivity contribution in [3.05, 3.63) is 95.6 Å². The lowest BCUT2D eigenvalue weighted by Gasteiger charge is -2.20. The molecule has 4 rings (SSSR count). The number of nitrogens with one attached hydrogen (secondary N) is 1. The smallest absolute Gasteiger partial charge is 0.220 e. The molecule has 0 saturated carbocycles. The van der Waals surface area contributed by atoms with Gasteiger partial charge >= 0.3 is 0 Å². The van der Waals surface area contributed by atoms with Crippen LogP contribution in [0.15, 0.2) is 78.9 Å². The van der Waals surface area contributed by atoms with E-state index in [4.69, 9.17) is 9.47 Å². The summed E-state index contributed by atoms with van der Waals surface area (Å²) in [6.07, 6.45) is 1.85. The van der Waals surface area contributed by atoms with Crippen LogP contribution < -0.4 is 14.8 Å². The Hall–Kier alpha value is -3.27. The highest BCUT2D eigenvalue weighted by Crippen LogP contribution is 2.31. The number of hydrogen-bond donors (Lipinski definition) is 1. The van der Waals surface area contributed by atoms with Crippen LogP contribution in [0.1, 0.15) is 29.2 Å². The van der Waals surface area contributed by atoms with Gasteiger partial charge < -0.3 is 14.8 Å². The number of carbonyl (C=O) groups excluding carboxylic acids is 1. The van der Waals surface area contributed by atoms with Crippen molar-refractivity contribution >= 4 is 5.91 Å². The van der Waals surface area contributed by atoms with Gasteiger partial charge in [-0.05, 0) is 41.7 Å². The highest BCUT2D eigenvalue weighted by atomic mass is 16.6. The summed E-state index contributed by atoms with van der Waals surface area (Å²) in [6.45, 7) is 1.15. The summed E-state index contributed by atoms with van der Waals surface area (Å²) in [4.78, 5) is 12.7. The molecule has 0 aromatic heterocycles. The fourth-order valence-corrected chi connectivity index (χ4v) is 3.55. The van der Waals surface area contributed by atoms with Crippen LogP contribution in [-0.2, 0) is 17.6 Å². The first kappa shape index (κ1) is 19.1. The second-order valence-corrected chi connectivity index (χ2v) is 7.20. The van der Waals surface area contributed by atoms with Crippen molar-refractivity contribution in [2.75, 3.05) is 13.2 Å². The van der Waals surface area contributed by atoms with Crippen LogP contribution >= 0.6 is 0 Å². The summed E-state index contributed by atoms with van der Waals surface area (Å²) in [5, 5.41) is 3.22. The molecule has 148 valence electrons. The Labute approximate surface area is 171 Å². The third kappa shape index (κ3) is 5.17. The Bertz CT molecular complexity index is 941. The average molecular weight is 387 g/mol. The molecule has 29 heavy (non-hydrogen) atoms. The fourth-order valence-electron chi connectivity index (χ4n) is 3.55.